The molecule has 2 aromatic carbocycles. The minimum absolute atomic E-state index is 0.0577. The fourth-order valence-electron chi connectivity index (χ4n) is 2.58. The van der Waals surface area contributed by atoms with Crippen LogP contribution in [-0.4, -0.2) is 42.4 Å². The third-order valence-corrected chi connectivity index (χ3v) is 3.98. The molecule has 3 aromatic rings. The zero-order chi connectivity index (χ0) is 19.4. The molecule has 0 saturated carbocycles. The number of methoxy groups -OCH3 is 3. The van der Waals surface area contributed by atoms with E-state index in [0.29, 0.717) is 28.6 Å². The first kappa shape index (κ1) is 18.2. The van der Waals surface area contributed by atoms with Crippen LogP contribution in [0.5, 0.6) is 17.2 Å². The molecule has 0 unspecified atom stereocenters. The van der Waals surface area contributed by atoms with E-state index >= 15 is 0 Å². The summed E-state index contributed by atoms with van der Waals surface area (Å²) >= 11 is 0. The van der Waals surface area contributed by atoms with E-state index in [0.717, 1.165) is 11.1 Å². The number of benzene rings is 2. The van der Waals surface area contributed by atoms with Crippen LogP contribution in [0.3, 0.4) is 0 Å². The Bertz CT molecular complexity index is 939. The highest BCUT2D eigenvalue weighted by molar-refractivity contribution is 6.10. The Kier molecular flexibility index (Phi) is 5.25. The van der Waals surface area contributed by atoms with Crippen molar-refractivity contribution in [3.05, 3.63) is 53.4 Å². The Morgan fingerprint density at radius 2 is 1.63 bits per heavy atom. The highest BCUT2D eigenvalue weighted by Gasteiger charge is 2.22. The average molecular weight is 369 g/mol. The highest BCUT2D eigenvalue weighted by atomic mass is 16.5. The van der Waals surface area contributed by atoms with Gasteiger partial charge in [-0.3, -0.25) is 0 Å². The summed E-state index contributed by atoms with van der Waals surface area (Å²) < 4.78 is 21.3. The molecule has 3 rings (SSSR count). The summed E-state index contributed by atoms with van der Waals surface area (Å²) in [4.78, 5) is 4.33. The molecule has 0 atom stereocenters. The Balaban J connectivity index is 2.02. The standard InChI is InChI=1S/C19H19N3O5/c1-11-5-7-12(8-6-11)18-20-19(27-22-18)16(21-23)13-9-14(24-2)17(26-4)15(10-13)25-3/h5-10,23H,1-4H3/b21-16-. The summed E-state index contributed by atoms with van der Waals surface area (Å²) in [5, 5.41) is 16.8. The first-order chi connectivity index (χ1) is 13.1. The lowest BCUT2D eigenvalue weighted by atomic mass is 10.1. The molecule has 140 valence electrons. The lowest BCUT2D eigenvalue weighted by molar-refractivity contribution is 0.315. The third-order valence-electron chi connectivity index (χ3n) is 3.98. The average Bonchev–Trinajstić information content (AvgIpc) is 3.18. The van der Waals surface area contributed by atoms with Crippen LogP contribution in [0.25, 0.3) is 11.4 Å². The SMILES string of the molecule is COc1cc(/C(=N/O)c2nc(-c3ccc(C)cc3)no2)cc(OC)c1OC. The van der Waals surface area contributed by atoms with Crippen molar-refractivity contribution in [2.45, 2.75) is 6.92 Å². The molecule has 8 nitrogen and oxygen atoms in total. The second kappa shape index (κ2) is 7.77. The van der Waals surface area contributed by atoms with Crippen molar-refractivity contribution in [2.24, 2.45) is 5.16 Å². The highest BCUT2D eigenvalue weighted by Crippen LogP contribution is 2.38. The molecule has 27 heavy (non-hydrogen) atoms. The zero-order valence-corrected chi connectivity index (χ0v) is 15.4. The Hall–Kier alpha value is -3.55. The van der Waals surface area contributed by atoms with Gasteiger partial charge in [0.1, 0.15) is 0 Å². The van der Waals surface area contributed by atoms with Crippen LogP contribution in [-0.2, 0) is 0 Å². The molecular weight excluding hydrogens is 350 g/mol. The third kappa shape index (κ3) is 3.55. The van der Waals surface area contributed by atoms with E-state index < -0.39 is 0 Å². The van der Waals surface area contributed by atoms with E-state index in [9.17, 15) is 5.21 Å². The van der Waals surface area contributed by atoms with Gasteiger partial charge < -0.3 is 23.9 Å². The topological polar surface area (TPSA) is 99.2 Å². The minimum atomic E-state index is 0.0577. The first-order valence-corrected chi connectivity index (χ1v) is 8.04. The molecule has 1 N–H and O–H groups in total. The largest absolute Gasteiger partial charge is 0.493 e. The van der Waals surface area contributed by atoms with Crippen molar-refractivity contribution in [1.29, 1.82) is 0 Å². The van der Waals surface area contributed by atoms with Gasteiger partial charge in [-0.15, -0.1) is 0 Å². The van der Waals surface area contributed by atoms with Crippen LogP contribution >= 0.6 is 0 Å². The van der Waals surface area contributed by atoms with Crippen molar-refractivity contribution in [3.63, 3.8) is 0 Å². The summed E-state index contributed by atoms with van der Waals surface area (Å²) in [6.07, 6.45) is 0. The molecule has 0 fully saturated rings. The second-order valence-corrected chi connectivity index (χ2v) is 5.65. The predicted octanol–water partition coefficient (Wildman–Crippen LogP) is 3.30. The number of hydrogen-bond acceptors (Lipinski definition) is 8. The van der Waals surface area contributed by atoms with Gasteiger partial charge in [-0.2, -0.15) is 4.98 Å². The maximum Gasteiger partial charge on any atom is 0.280 e. The summed E-state index contributed by atoms with van der Waals surface area (Å²) in [6, 6.07) is 10.9. The van der Waals surface area contributed by atoms with Crippen molar-refractivity contribution < 1.29 is 23.9 Å². The molecule has 0 aliphatic heterocycles. The second-order valence-electron chi connectivity index (χ2n) is 5.65. The van der Waals surface area contributed by atoms with Crippen LogP contribution in [0, 0.1) is 6.92 Å². The van der Waals surface area contributed by atoms with E-state index in [-0.39, 0.29) is 11.6 Å². The smallest absolute Gasteiger partial charge is 0.280 e. The summed E-state index contributed by atoms with van der Waals surface area (Å²) in [5.41, 5.74) is 2.46. The predicted molar refractivity (Wildman–Crippen MR) is 98.0 cm³/mol. The van der Waals surface area contributed by atoms with Gasteiger partial charge in [-0.25, -0.2) is 0 Å². The number of oxime groups is 1. The van der Waals surface area contributed by atoms with Crippen LogP contribution in [0.2, 0.25) is 0 Å². The molecule has 0 spiro atoms. The number of nitrogens with zero attached hydrogens (tertiary/aromatic N) is 3. The maximum atomic E-state index is 9.55. The van der Waals surface area contributed by atoms with Gasteiger partial charge in [-0.05, 0) is 19.1 Å². The molecular formula is C19H19N3O5. The van der Waals surface area contributed by atoms with Crippen LogP contribution in [0.4, 0.5) is 0 Å². The Morgan fingerprint density at radius 1 is 1.00 bits per heavy atom. The number of rotatable bonds is 6. The number of aryl methyl sites for hydroxylation is 1. The number of aromatic nitrogens is 2. The van der Waals surface area contributed by atoms with E-state index in [4.69, 9.17) is 18.7 Å². The van der Waals surface area contributed by atoms with Crippen molar-refractivity contribution in [1.82, 2.24) is 10.1 Å². The quantitative estimate of drug-likeness (QED) is 0.404. The number of hydrogen-bond donors (Lipinski definition) is 1. The summed E-state index contributed by atoms with van der Waals surface area (Å²) in [7, 11) is 4.50. The fourth-order valence-corrected chi connectivity index (χ4v) is 2.58. The first-order valence-electron chi connectivity index (χ1n) is 8.04. The van der Waals surface area contributed by atoms with Gasteiger partial charge >= 0.3 is 0 Å². The molecule has 0 aliphatic carbocycles. The van der Waals surface area contributed by atoms with Gasteiger partial charge in [0.25, 0.3) is 5.89 Å². The van der Waals surface area contributed by atoms with Gasteiger partial charge in [0.05, 0.1) is 21.3 Å². The van der Waals surface area contributed by atoms with E-state index in [2.05, 4.69) is 15.3 Å². The molecule has 0 bridgehead atoms. The van der Waals surface area contributed by atoms with E-state index in [1.807, 2.05) is 31.2 Å². The molecule has 8 heteroatoms. The van der Waals surface area contributed by atoms with Crippen molar-refractivity contribution in [3.8, 4) is 28.6 Å². The fraction of sp³-hybridized carbons (Fsp3) is 0.211. The lowest BCUT2D eigenvalue weighted by Gasteiger charge is -2.13. The normalized spacial score (nSPS) is 11.3. The van der Waals surface area contributed by atoms with Crippen molar-refractivity contribution >= 4 is 5.71 Å². The lowest BCUT2D eigenvalue weighted by Crippen LogP contribution is -2.06. The van der Waals surface area contributed by atoms with Crippen molar-refractivity contribution in [2.75, 3.05) is 21.3 Å². The number of ether oxygens (including phenoxy) is 3. The summed E-state index contributed by atoms with van der Waals surface area (Å²) in [6.45, 7) is 1.99. The Morgan fingerprint density at radius 3 is 2.15 bits per heavy atom. The molecule has 1 heterocycles. The summed E-state index contributed by atoms with van der Waals surface area (Å²) in [5.74, 6) is 1.69. The molecule has 0 radical (unpaired) electrons. The van der Waals surface area contributed by atoms with Gasteiger partial charge in [0.2, 0.25) is 11.6 Å². The van der Waals surface area contributed by atoms with Gasteiger partial charge in [0, 0.05) is 11.1 Å². The Labute approximate surface area is 156 Å². The van der Waals surface area contributed by atoms with Gasteiger partial charge in [-0.1, -0.05) is 40.1 Å². The van der Waals surface area contributed by atoms with Crippen LogP contribution in [0.1, 0.15) is 17.0 Å². The molecule has 0 amide bonds. The zero-order valence-electron chi connectivity index (χ0n) is 15.4. The van der Waals surface area contributed by atoms with Crippen LogP contribution in [0.15, 0.2) is 46.1 Å². The van der Waals surface area contributed by atoms with E-state index in [1.54, 1.807) is 12.1 Å². The maximum absolute atomic E-state index is 9.55. The molecule has 0 saturated heterocycles. The molecule has 1 aromatic heterocycles. The monoisotopic (exact) mass is 369 g/mol. The van der Waals surface area contributed by atoms with Crippen LogP contribution < -0.4 is 14.2 Å². The van der Waals surface area contributed by atoms with E-state index in [1.165, 1.54) is 21.3 Å². The van der Waals surface area contributed by atoms with Gasteiger partial charge in [0.15, 0.2) is 17.2 Å². The minimum Gasteiger partial charge on any atom is -0.493 e. The molecule has 0 aliphatic rings.